The van der Waals surface area contributed by atoms with E-state index in [1.54, 1.807) is 6.92 Å². The summed E-state index contributed by atoms with van der Waals surface area (Å²) >= 11 is 0. The van der Waals surface area contributed by atoms with Crippen molar-refractivity contribution in [3.05, 3.63) is 0 Å². The minimum atomic E-state index is -5.39. The molecule has 0 atom stereocenters. The molecule has 92 valence electrons. The third-order valence-electron chi connectivity index (χ3n) is 2.52. The Morgan fingerprint density at radius 2 is 1.81 bits per heavy atom. The number of alkyl halides is 3. The van der Waals surface area contributed by atoms with Gasteiger partial charge in [-0.1, -0.05) is 6.92 Å². The minimum absolute atomic E-state index is 0.196. The van der Waals surface area contributed by atoms with Gasteiger partial charge in [-0.25, -0.2) is 8.42 Å². The van der Waals surface area contributed by atoms with Crippen molar-refractivity contribution in [2.75, 3.05) is 19.8 Å². The van der Waals surface area contributed by atoms with E-state index >= 15 is 0 Å². The van der Waals surface area contributed by atoms with Crippen LogP contribution in [0.3, 0.4) is 0 Å². The monoisotopic (exact) mass is 259 g/mol. The predicted molar refractivity (Wildman–Crippen MR) is 47.4 cm³/mol. The highest BCUT2D eigenvalue weighted by Crippen LogP contribution is 2.37. The van der Waals surface area contributed by atoms with Crippen molar-refractivity contribution in [1.82, 2.24) is 4.22 Å². The lowest BCUT2D eigenvalue weighted by Gasteiger charge is -2.47. The van der Waals surface area contributed by atoms with Gasteiger partial charge in [0.15, 0.2) is 0 Å². The van der Waals surface area contributed by atoms with Gasteiger partial charge >= 0.3 is 22.8 Å². The van der Waals surface area contributed by atoms with Gasteiger partial charge in [0.05, 0.1) is 0 Å². The molecule has 3 aliphatic rings. The van der Waals surface area contributed by atoms with Crippen LogP contribution in [0, 0.1) is 5.41 Å². The van der Waals surface area contributed by atoms with Crippen LogP contribution in [-0.2, 0) is 19.3 Å². The third-order valence-corrected chi connectivity index (χ3v) is 4.03. The zero-order valence-corrected chi connectivity index (χ0v) is 9.14. The van der Waals surface area contributed by atoms with Gasteiger partial charge in [0, 0.05) is 25.2 Å². The van der Waals surface area contributed by atoms with Gasteiger partial charge in [-0.3, -0.25) is 0 Å². The zero-order valence-electron chi connectivity index (χ0n) is 8.32. The van der Waals surface area contributed by atoms with E-state index in [0.29, 0.717) is 0 Å². The Morgan fingerprint density at radius 1 is 1.31 bits per heavy atom. The average Bonchev–Trinajstić information content (AvgIpc) is 2.16. The topological polar surface area (TPSA) is 55.8 Å². The molecule has 0 amide bonds. The SMILES string of the molecule is CC12COB(OC1)N(S(=O)(=O)C(F)(F)F)C2. The molecule has 0 aliphatic carbocycles. The predicted octanol–water partition coefficient (Wildman–Crippen LogP) is 0.190. The van der Waals surface area contributed by atoms with E-state index in [-0.39, 0.29) is 24.0 Å². The molecule has 3 saturated heterocycles. The summed E-state index contributed by atoms with van der Waals surface area (Å²) < 4.78 is 69.4. The van der Waals surface area contributed by atoms with Crippen LogP contribution in [0.2, 0.25) is 0 Å². The Labute approximate surface area is 90.7 Å². The Kier molecular flexibility index (Phi) is 2.54. The Hall–Kier alpha value is -0.315. The second-order valence-electron chi connectivity index (χ2n) is 4.24. The normalized spacial score (nSPS) is 26.1. The maximum absolute atomic E-state index is 12.3. The summed E-state index contributed by atoms with van der Waals surface area (Å²) in [4.78, 5) is 0. The van der Waals surface area contributed by atoms with Crippen LogP contribution in [0.1, 0.15) is 6.92 Å². The molecule has 3 heterocycles. The van der Waals surface area contributed by atoms with Gasteiger partial charge in [0.2, 0.25) is 0 Å². The van der Waals surface area contributed by atoms with Crippen molar-refractivity contribution in [1.29, 1.82) is 0 Å². The highest BCUT2D eigenvalue weighted by molar-refractivity contribution is 7.91. The fourth-order valence-corrected chi connectivity index (χ4v) is 2.77. The van der Waals surface area contributed by atoms with E-state index in [9.17, 15) is 21.6 Å². The fraction of sp³-hybridized carbons (Fsp3) is 1.00. The van der Waals surface area contributed by atoms with Gasteiger partial charge in [0.25, 0.3) is 0 Å². The summed E-state index contributed by atoms with van der Waals surface area (Å²) in [5.41, 5.74) is -6.04. The first-order valence-electron chi connectivity index (χ1n) is 4.47. The third kappa shape index (κ3) is 1.73. The Morgan fingerprint density at radius 3 is 2.19 bits per heavy atom. The molecule has 0 spiro atoms. The number of nitrogens with zero attached hydrogens (tertiary/aromatic N) is 1. The average molecular weight is 259 g/mol. The Balaban J connectivity index is 2.30. The first kappa shape index (κ1) is 12.2. The number of rotatable bonds is 1. The molecule has 3 aliphatic heterocycles. The fourth-order valence-electron chi connectivity index (χ4n) is 1.67. The highest BCUT2D eigenvalue weighted by Gasteiger charge is 2.60. The van der Waals surface area contributed by atoms with E-state index in [0.717, 1.165) is 0 Å². The van der Waals surface area contributed by atoms with Gasteiger partial charge in [0.1, 0.15) is 0 Å². The van der Waals surface area contributed by atoms with Gasteiger partial charge < -0.3 is 9.31 Å². The molecule has 2 bridgehead atoms. The van der Waals surface area contributed by atoms with Crippen LogP contribution in [-0.4, -0.2) is 45.2 Å². The van der Waals surface area contributed by atoms with Gasteiger partial charge in [-0.2, -0.15) is 17.4 Å². The van der Waals surface area contributed by atoms with Crippen molar-refractivity contribution < 1.29 is 30.9 Å². The smallest absolute Gasteiger partial charge is 0.396 e. The summed E-state index contributed by atoms with van der Waals surface area (Å²) in [6, 6.07) is 0. The van der Waals surface area contributed by atoms with Crippen LogP contribution in [0.25, 0.3) is 0 Å². The molecular weight excluding hydrogens is 250 g/mol. The molecule has 10 heteroatoms. The van der Waals surface area contributed by atoms with Gasteiger partial charge in [-0.05, 0) is 0 Å². The zero-order chi connectivity index (χ0) is 12.2. The van der Waals surface area contributed by atoms with E-state index in [1.165, 1.54) is 0 Å². The number of halogens is 3. The van der Waals surface area contributed by atoms with E-state index in [1.807, 2.05) is 0 Å². The molecule has 0 N–H and O–H groups in total. The summed E-state index contributed by atoms with van der Waals surface area (Å²) in [5.74, 6) is 0. The van der Waals surface area contributed by atoms with Crippen molar-refractivity contribution in [3.8, 4) is 0 Å². The maximum Gasteiger partial charge on any atom is 0.572 e. The van der Waals surface area contributed by atoms with Crippen LogP contribution >= 0.6 is 0 Å². The summed E-state index contributed by atoms with van der Waals surface area (Å²) in [6.45, 7) is 1.77. The minimum Gasteiger partial charge on any atom is -0.396 e. The molecule has 5 nitrogen and oxygen atoms in total. The van der Waals surface area contributed by atoms with Crippen LogP contribution in [0.4, 0.5) is 13.2 Å². The molecule has 0 aromatic heterocycles. The molecule has 3 rings (SSSR count). The Bertz CT molecular complexity index is 389. The highest BCUT2D eigenvalue weighted by atomic mass is 32.2. The number of sulfonamides is 1. The lowest BCUT2D eigenvalue weighted by atomic mass is 9.83. The number of fused-ring (bicyclic) bond motifs is 3. The van der Waals surface area contributed by atoms with Gasteiger partial charge in [-0.15, -0.1) is 0 Å². The summed E-state index contributed by atoms with van der Waals surface area (Å²) in [6.07, 6.45) is 0. The quantitative estimate of drug-likeness (QED) is 0.631. The maximum atomic E-state index is 12.3. The number of hydrogen-bond donors (Lipinski definition) is 0. The largest absolute Gasteiger partial charge is 0.572 e. The summed E-state index contributed by atoms with van der Waals surface area (Å²) in [5, 5.41) is 0. The van der Waals surface area contributed by atoms with Crippen LogP contribution in [0.5, 0.6) is 0 Å². The van der Waals surface area contributed by atoms with Crippen LogP contribution < -0.4 is 0 Å². The molecule has 0 saturated carbocycles. The standard InChI is InChI=1S/C6H9BF3NO4S/c1-5-2-11(7(14-3-5)15-4-5)16(12,13)6(8,9)10/h2-4H2,1H3. The second kappa shape index (κ2) is 3.34. The van der Waals surface area contributed by atoms with E-state index < -0.39 is 28.2 Å². The van der Waals surface area contributed by atoms with Crippen molar-refractivity contribution in [2.45, 2.75) is 12.4 Å². The van der Waals surface area contributed by atoms with Crippen molar-refractivity contribution in [3.63, 3.8) is 0 Å². The lowest BCUT2D eigenvalue weighted by Crippen LogP contribution is -2.66. The van der Waals surface area contributed by atoms with Crippen molar-refractivity contribution in [2.24, 2.45) is 5.41 Å². The summed E-state index contributed by atoms with van der Waals surface area (Å²) in [7, 11) is -6.84. The molecule has 16 heavy (non-hydrogen) atoms. The molecular formula is C6H9BF3NO4S. The molecule has 3 fully saturated rings. The molecule has 0 unspecified atom stereocenters. The molecule has 0 aromatic rings. The first-order chi connectivity index (χ1) is 7.16. The van der Waals surface area contributed by atoms with Crippen molar-refractivity contribution >= 4 is 17.3 Å². The lowest BCUT2D eigenvalue weighted by molar-refractivity contribution is -0.0660. The van der Waals surface area contributed by atoms with E-state index in [4.69, 9.17) is 9.31 Å². The molecule has 0 aromatic carbocycles. The first-order valence-corrected chi connectivity index (χ1v) is 5.91. The number of hydrogen-bond acceptors (Lipinski definition) is 4. The molecule has 0 radical (unpaired) electrons. The second-order valence-corrected chi connectivity index (χ2v) is 6.12. The van der Waals surface area contributed by atoms with E-state index in [2.05, 4.69) is 0 Å². The van der Waals surface area contributed by atoms with Crippen LogP contribution in [0.15, 0.2) is 0 Å².